The number of hydrogen-bond acceptors (Lipinski definition) is 4. The number of ether oxygens (including phenoxy) is 4. The van der Waals surface area contributed by atoms with Crippen LogP contribution >= 0.6 is 0 Å². The monoisotopic (exact) mass is 292 g/mol. The molecule has 112 valence electrons. The third kappa shape index (κ3) is 3.37. The highest BCUT2D eigenvalue weighted by molar-refractivity contribution is 5.51. The first kappa shape index (κ1) is 15.0. The first-order valence-electron chi connectivity index (χ1n) is 6.35. The maximum absolute atomic E-state index is 13.6. The summed E-state index contributed by atoms with van der Waals surface area (Å²) in [6.07, 6.45) is 0. The summed E-state index contributed by atoms with van der Waals surface area (Å²) in [6, 6.07) is 10.0. The van der Waals surface area contributed by atoms with Gasteiger partial charge in [0.25, 0.3) is 0 Å². The highest BCUT2D eigenvalue weighted by Crippen LogP contribution is 2.37. The molecule has 5 heteroatoms. The molecular weight excluding hydrogens is 275 g/mol. The second-order valence-corrected chi connectivity index (χ2v) is 4.25. The number of hydrogen-bond donors (Lipinski definition) is 0. The first-order valence-corrected chi connectivity index (χ1v) is 6.35. The fourth-order valence-corrected chi connectivity index (χ4v) is 1.91. The van der Waals surface area contributed by atoms with Crippen LogP contribution in [0.1, 0.15) is 5.56 Å². The Labute approximate surface area is 123 Å². The molecule has 0 bridgehead atoms. The Morgan fingerprint density at radius 3 is 2.00 bits per heavy atom. The third-order valence-corrected chi connectivity index (χ3v) is 2.98. The Balaban J connectivity index is 2.18. The summed E-state index contributed by atoms with van der Waals surface area (Å²) in [5, 5.41) is 0. The molecule has 2 aromatic rings. The van der Waals surface area contributed by atoms with Crippen molar-refractivity contribution in [3.63, 3.8) is 0 Å². The SMILES string of the molecule is COc1ccc(COc2c(OC)cccc2OC)cc1F. The van der Waals surface area contributed by atoms with Gasteiger partial charge in [-0.2, -0.15) is 0 Å². The van der Waals surface area contributed by atoms with E-state index in [1.54, 1.807) is 44.6 Å². The van der Waals surface area contributed by atoms with Crippen molar-refractivity contribution in [1.82, 2.24) is 0 Å². The van der Waals surface area contributed by atoms with Gasteiger partial charge in [0.2, 0.25) is 5.75 Å². The Morgan fingerprint density at radius 2 is 1.48 bits per heavy atom. The Bertz CT molecular complexity index is 591. The van der Waals surface area contributed by atoms with Crippen LogP contribution in [0.25, 0.3) is 0 Å². The van der Waals surface area contributed by atoms with Crippen molar-refractivity contribution < 1.29 is 23.3 Å². The second-order valence-electron chi connectivity index (χ2n) is 4.25. The van der Waals surface area contributed by atoms with Crippen LogP contribution in [-0.4, -0.2) is 21.3 Å². The minimum atomic E-state index is -0.425. The molecule has 0 heterocycles. The summed E-state index contributed by atoms with van der Waals surface area (Å²) in [4.78, 5) is 0. The van der Waals surface area contributed by atoms with E-state index in [0.29, 0.717) is 22.8 Å². The molecule has 2 aromatic carbocycles. The van der Waals surface area contributed by atoms with Crippen molar-refractivity contribution in [3.05, 3.63) is 47.8 Å². The van der Waals surface area contributed by atoms with Crippen LogP contribution in [0.2, 0.25) is 0 Å². The van der Waals surface area contributed by atoms with Crippen LogP contribution < -0.4 is 18.9 Å². The summed E-state index contributed by atoms with van der Waals surface area (Å²) in [5.74, 6) is 1.38. The highest BCUT2D eigenvalue weighted by atomic mass is 19.1. The van der Waals surface area contributed by atoms with E-state index in [9.17, 15) is 4.39 Å². The molecule has 0 atom stereocenters. The zero-order valence-electron chi connectivity index (χ0n) is 12.2. The fraction of sp³-hybridized carbons (Fsp3) is 0.250. The second kappa shape index (κ2) is 6.83. The summed E-state index contributed by atoms with van der Waals surface area (Å²) in [6.45, 7) is 0.192. The molecule has 0 unspecified atom stereocenters. The molecule has 0 saturated heterocycles. The van der Waals surface area contributed by atoms with Crippen molar-refractivity contribution in [2.75, 3.05) is 21.3 Å². The molecule has 0 aliphatic carbocycles. The van der Waals surface area contributed by atoms with Gasteiger partial charge in [-0.05, 0) is 29.8 Å². The highest BCUT2D eigenvalue weighted by Gasteiger charge is 2.12. The molecule has 0 aliphatic rings. The zero-order valence-corrected chi connectivity index (χ0v) is 12.2. The average Bonchev–Trinajstić information content (AvgIpc) is 2.52. The lowest BCUT2D eigenvalue weighted by atomic mass is 10.2. The number of methoxy groups -OCH3 is 3. The van der Waals surface area contributed by atoms with Gasteiger partial charge < -0.3 is 18.9 Å². The predicted molar refractivity (Wildman–Crippen MR) is 76.8 cm³/mol. The normalized spacial score (nSPS) is 10.1. The lowest BCUT2D eigenvalue weighted by Gasteiger charge is -2.14. The molecule has 0 spiro atoms. The molecule has 4 nitrogen and oxygen atoms in total. The van der Waals surface area contributed by atoms with Crippen molar-refractivity contribution in [1.29, 1.82) is 0 Å². The Kier molecular flexibility index (Phi) is 4.87. The Hall–Kier alpha value is -2.43. The van der Waals surface area contributed by atoms with Crippen molar-refractivity contribution in [2.45, 2.75) is 6.61 Å². The van der Waals surface area contributed by atoms with Gasteiger partial charge in [-0.15, -0.1) is 0 Å². The van der Waals surface area contributed by atoms with E-state index in [2.05, 4.69) is 0 Å². The predicted octanol–water partition coefficient (Wildman–Crippen LogP) is 3.43. The molecule has 0 fully saturated rings. The molecule has 0 radical (unpaired) electrons. The van der Waals surface area contributed by atoms with E-state index in [1.165, 1.54) is 13.2 Å². The summed E-state index contributed by atoms with van der Waals surface area (Å²) in [7, 11) is 4.53. The van der Waals surface area contributed by atoms with Crippen LogP contribution in [0.15, 0.2) is 36.4 Å². The van der Waals surface area contributed by atoms with Crippen LogP contribution in [-0.2, 0) is 6.61 Å². The third-order valence-electron chi connectivity index (χ3n) is 2.98. The number of halogens is 1. The summed E-state index contributed by atoms with van der Waals surface area (Å²) < 4.78 is 34.7. The molecule has 0 aromatic heterocycles. The molecule has 0 saturated carbocycles. The van der Waals surface area contributed by atoms with E-state index in [0.717, 1.165) is 0 Å². The maximum atomic E-state index is 13.6. The quantitative estimate of drug-likeness (QED) is 0.817. The minimum Gasteiger partial charge on any atom is -0.494 e. The summed E-state index contributed by atoms with van der Waals surface area (Å²) >= 11 is 0. The maximum Gasteiger partial charge on any atom is 0.203 e. The topological polar surface area (TPSA) is 36.9 Å². The van der Waals surface area contributed by atoms with E-state index >= 15 is 0 Å². The van der Waals surface area contributed by atoms with Gasteiger partial charge >= 0.3 is 0 Å². The molecule has 2 rings (SSSR count). The zero-order chi connectivity index (χ0) is 15.2. The Morgan fingerprint density at radius 1 is 0.857 bits per heavy atom. The number of rotatable bonds is 6. The molecular formula is C16H17FO4. The largest absolute Gasteiger partial charge is 0.494 e. The number of benzene rings is 2. The van der Waals surface area contributed by atoms with Crippen molar-refractivity contribution >= 4 is 0 Å². The van der Waals surface area contributed by atoms with E-state index in [1.807, 2.05) is 0 Å². The molecule has 0 aliphatic heterocycles. The fourth-order valence-electron chi connectivity index (χ4n) is 1.91. The lowest BCUT2D eigenvalue weighted by Crippen LogP contribution is -2.01. The lowest BCUT2D eigenvalue weighted by molar-refractivity contribution is 0.265. The van der Waals surface area contributed by atoms with Gasteiger partial charge in [0.1, 0.15) is 6.61 Å². The van der Waals surface area contributed by atoms with Gasteiger partial charge in [0.05, 0.1) is 21.3 Å². The van der Waals surface area contributed by atoms with Crippen molar-refractivity contribution in [3.8, 4) is 23.0 Å². The van der Waals surface area contributed by atoms with Gasteiger partial charge in [-0.3, -0.25) is 0 Å². The van der Waals surface area contributed by atoms with E-state index < -0.39 is 5.82 Å². The van der Waals surface area contributed by atoms with E-state index in [-0.39, 0.29) is 12.4 Å². The minimum absolute atomic E-state index is 0.192. The van der Waals surface area contributed by atoms with Crippen LogP contribution in [0.5, 0.6) is 23.0 Å². The van der Waals surface area contributed by atoms with Gasteiger partial charge in [0, 0.05) is 0 Å². The van der Waals surface area contributed by atoms with E-state index in [4.69, 9.17) is 18.9 Å². The first-order chi connectivity index (χ1) is 10.2. The van der Waals surface area contributed by atoms with Crippen molar-refractivity contribution in [2.24, 2.45) is 0 Å². The molecule has 0 N–H and O–H groups in total. The summed E-state index contributed by atoms with van der Waals surface area (Å²) in [5.41, 5.74) is 0.682. The molecule has 0 amide bonds. The molecule has 21 heavy (non-hydrogen) atoms. The van der Waals surface area contributed by atoms with Gasteiger partial charge in [-0.25, -0.2) is 4.39 Å². The van der Waals surface area contributed by atoms with Crippen LogP contribution in [0.4, 0.5) is 4.39 Å². The van der Waals surface area contributed by atoms with Gasteiger partial charge in [-0.1, -0.05) is 12.1 Å². The van der Waals surface area contributed by atoms with Crippen LogP contribution in [0, 0.1) is 5.82 Å². The number of para-hydroxylation sites is 1. The van der Waals surface area contributed by atoms with Crippen LogP contribution in [0.3, 0.4) is 0 Å². The smallest absolute Gasteiger partial charge is 0.203 e. The van der Waals surface area contributed by atoms with Gasteiger partial charge in [0.15, 0.2) is 23.1 Å². The standard InChI is InChI=1S/C16H17FO4/c1-18-13-8-7-11(9-12(13)17)10-21-16-14(19-2)5-4-6-15(16)20-3/h4-9H,10H2,1-3H3. The average molecular weight is 292 g/mol.